The van der Waals surface area contributed by atoms with Crippen molar-refractivity contribution in [2.24, 2.45) is 11.7 Å². The molecular formula is C28H38F2N4O2. The predicted octanol–water partition coefficient (Wildman–Crippen LogP) is 3.29. The van der Waals surface area contributed by atoms with Crippen LogP contribution in [0.2, 0.25) is 0 Å². The highest BCUT2D eigenvalue weighted by molar-refractivity contribution is 5.82. The first-order chi connectivity index (χ1) is 17.5. The van der Waals surface area contributed by atoms with Crippen molar-refractivity contribution in [2.75, 3.05) is 52.4 Å². The Labute approximate surface area is 213 Å². The van der Waals surface area contributed by atoms with Gasteiger partial charge in [0.1, 0.15) is 17.4 Å². The number of hydrogen-bond donors (Lipinski definition) is 1. The van der Waals surface area contributed by atoms with Crippen molar-refractivity contribution in [3.63, 3.8) is 0 Å². The highest BCUT2D eigenvalue weighted by Crippen LogP contribution is 2.25. The van der Waals surface area contributed by atoms with Gasteiger partial charge in [-0.05, 0) is 69.0 Å². The standard InChI is InChI=1S/C28H38F2N4O2/c1-2-36-26-9-5-8-25(30)23(26)20-33-16-18-34(19-17-33)28(35)27(31)22-11-14-32(15-12-22)13-10-21-6-3-4-7-24(21)29/h3-9,22,27H,2,10-20,31H2,1H3/t27-/m1/s1. The van der Waals surface area contributed by atoms with Gasteiger partial charge in [0, 0.05) is 44.8 Å². The SMILES string of the molecule is CCOc1cccc(F)c1CN1CCN(C(=O)[C@H](N)C2CCN(CCc3ccccc3F)CC2)CC1. The van der Waals surface area contributed by atoms with Crippen molar-refractivity contribution < 1.29 is 18.3 Å². The zero-order chi connectivity index (χ0) is 25.5. The van der Waals surface area contributed by atoms with E-state index in [9.17, 15) is 13.6 Å². The lowest BCUT2D eigenvalue weighted by Crippen LogP contribution is -2.55. The van der Waals surface area contributed by atoms with E-state index >= 15 is 0 Å². The zero-order valence-electron chi connectivity index (χ0n) is 21.2. The molecule has 2 N–H and O–H groups in total. The van der Waals surface area contributed by atoms with Gasteiger partial charge in [-0.1, -0.05) is 24.3 Å². The Balaban J connectivity index is 1.21. The molecule has 2 saturated heterocycles. The second kappa shape index (κ2) is 12.6. The zero-order valence-corrected chi connectivity index (χ0v) is 21.2. The molecule has 0 radical (unpaired) electrons. The van der Waals surface area contributed by atoms with Gasteiger partial charge in [-0.25, -0.2) is 8.78 Å². The van der Waals surface area contributed by atoms with E-state index in [1.165, 1.54) is 12.1 Å². The molecule has 0 unspecified atom stereocenters. The number of benzene rings is 2. The van der Waals surface area contributed by atoms with E-state index in [2.05, 4.69) is 9.80 Å². The molecule has 4 rings (SSSR count). The van der Waals surface area contributed by atoms with Crippen LogP contribution < -0.4 is 10.5 Å². The highest BCUT2D eigenvalue weighted by atomic mass is 19.1. The molecule has 8 heteroatoms. The summed E-state index contributed by atoms with van der Waals surface area (Å²) in [5, 5.41) is 0. The number of carbonyl (C=O) groups excluding carboxylic acids is 1. The molecule has 2 aliphatic heterocycles. The smallest absolute Gasteiger partial charge is 0.239 e. The summed E-state index contributed by atoms with van der Waals surface area (Å²) in [4.78, 5) is 19.5. The fourth-order valence-corrected chi connectivity index (χ4v) is 5.26. The monoisotopic (exact) mass is 500 g/mol. The molecule has 0 spiro atoms. The number of rotatable bonds is 9. The summed E-state index contributed by atoms with van der Waals surface area (Å²) in [6, 6.07) is 11.3. The van der Waals surface area contributed by atoms with Gasteiger partial charge in [0.05, 0.1) is 12.6 Å². The van der Waals surface area contributed by atoms with Crippen molar-refractivity contribution in [1.29, 1.82) is 0 Å². The molecule has 2 heterocycles. The number of hydrogen-bond acceptors (Lipinski definition) is 5. The molecule has 36 heavy (non-hydrogen) atoms. The van der Waals surface area contributed by atoms with Gasteiger partial charge in [0.25, 0.3) is 0 Å². The lowest BCUT2D eigenvalue weighted by molar-refractivity contribution is -0.136. The topological polar surface area (TPSA) is 62.0 Å². The van der Waals surface area contributed by atoms with Crippen LogP contribution in [0.4, 0.5) is 8.78 Å². The predicted molar refractivity (Wildman–Crippen MR) is 137 cm³/mol. The van der Waals surface area contributed by atoms with Gasteiger partial charge < -0.3 is 20.3 Å². The van der Waals surface area contributed by atoms with E-state index in [1.807, 2.05) is 24.0 Å². The lowest BCUT2D eigenvalue weighted by Gasteiger charge is -2.39. The number of nitrogens with zero attached hydrogens (tertiary/aromatic N) is 3. The quantitative estimate of drug-likeness (QED) is 0.573. The van der Waals surface area contributed by atoms with E-state index < -0.39 is 6.04 Å². The van der Waals surface area contributed by atoms with Crippen LogP contribution in [-0.4, -0.2) is 79.1 Å². The largest absolute Gasteiger partial charge is 0.493 e. The average Bonchev–Trinajstić information content (AvgIpc) is 2.90. The maximum atomic E-state index is 14.4. The minimum Gasteiger partial charge on any atom is -0.493 e. The van der Waals surface area contributed by atoms with E-state index in [-0.39, 0.29) is 23.5 Å². The number of piperazine rings is 1. The first-order valence-corrected chi connectivity index (χ1v) is 13.1. The number of nitrogens with two attached hydrogens (primary N) is 1. The average molecular weight is 501 g/mol. The van der Waals surface area contributed by atoms with Gasteiger partial charge in [-0.15, -0.1) is 0 Å². The van der Waals surface area contributed by atoms with Gasteiger partial charge >= 0.3 is 0 Å². The summed E-state index contributed by atoms with van der Waals surface area (Å²) >= 11 is 0. The van der Waals surface area contributed by atoms with Crippen molar-refractivity contribution in [1.82, 2.24) is 14.7 Å². The number of amides is 1. The Kier molecular flexibility index (Phi) is 9.29. The first-order valence-electron chi connectivity index (χ1n) is 13.1. The van der Waals surface area contributed by atoms with E-state index in [4.69, 9.17) is 10.5 Å². The molecule has 0 aromatic heterocycles. The summed E-state index contributed by atoms with van der Waals surface area (Å²) < 4.78 is 33.9. The molecule has 0 saturated carbocycles. The normalized spacial score (nSPS) is 18.8. The summed E-state index contributed by atoms with van der Waals surface area (Å²) in [6.07, 6.45) is 2.43. The highest BCUT2D eigenvalue weighted by Gasteiger charge is 2.33. The summed E-state index contributed by atoms with van der Waals surface area (Å²) in [5.74, 6) is 0.344. The van der Waals surface area contributed by atoms with Crippen LogP contribution in [0.15, 0.2) is 42.5 Å². The molecule has 0 aliphatic carbocycles. The number of carbonyl (C=O) groups is 1. The third-order valence-corrected chi connectivity index (χ3v) is 7.52. The number of likely N-dealkylation sites (tertiary alicyclic amines) is 1. The first kappa shape index (κ1) is 26.5. The molecule has 1 atom stereocenters. The molecule has 196 valence electrons. The Hall–Kier alpha value is -2.55. The summed E-state index contributed by atoms with van der Waals surface area (Å²) in [7, 11) is 0. The second-order valence-electron chi connectivity index (χ2n) is 9.80. The molecule has 0 bridgehead atoms. The number of ether oxygens (including phenoxy) is 1. The molecule has 2 aliphatic rings. The van der Waals surface area contributed by atoms with Crippen LogP contribution in [0.25, 0.3) is 0 Å². The van der Waals surface area contributed by atoms with Crippen LogP contribution in [0.3, 0.4) is 0 Å². The van der Waals surface area contributed by atoms with E-state index in [1.54, 1.807) is 18.2 Å². The Bertz CT molecular complexity index is 1000. The van der Waals surface area contributed by atoms with Crippen LogP contribution in [0.1, 0.15) is 30.9 Å². The Morgan fingerprint density at radius 1 is 0.972 bits per heavy atom. The van der Waals surface area contributed by atoms with Crippen LogP contribution >= 0.6 is 0 Å². The Morgan fingerprint density at radius 3 is 2.36 bits per heavy atom. The molecule has 1 amide bonds. The van der Waals surface area contributed by atoms with Gasteiger partial charge in [-0.3, -0.25) is 9.69 Å². The number of piperidine rings is 1. The minimum atomic E-state index is -0.499. The van der Waals surface area contributed by atoms with Crippen LogP contribution in [0, 0.1) is 17.6 Å². The van der Waals surface area contributed by atoms with Crippen LogP contribution in [-0.2, 0) is 17.8 Å². The molecule has 2 aromatic rings. The summed E-state index contributed by atoms with van der Waals surface area (Å²) in [6.45, 7) is 7.92. The maximum Gasteiger partial charge on any atom is 0.239 e. The maximum absolute atomic E-state index is 14.4. The van der Waals surface area contributed by atoms with Gasteiger partial charge in [0.15, 0.2) is 0 Å². The lowest BCUT2D eigenvalue weighted by atomic mass is 9.88. The molecule has 2 fully saturated rings. The van der Waals surface area contributed by atoms with Gasteiger partial charge in [0.2, 0.25) is 5.91 Å². The Morgan fingerprint density at radius 2 is 1.67 bits per heavy atom. The number of halogens is 2. The van der Waals surface area contributed by atoms with E-state index in [0.29, 0.717) is 57.1 Å². The van der Waals surface area contributed by atoms with Gasteiger partial charge in [-0.2, -0.15) is 0 Å². The van der Waals surface area contributed by atoms with Crippen molar-refractivity contribution in [3.8, 4) is 5.75 Å². The van der Waals surface area contributed by atoms with E-state index in [0.717, 1.165) is 38.0 Å². The van der Waals surface area contributed by atoms with Crippen LogP contribution in [0.5, 0.6) is 5.75 Å². The third kappa shape index (κ3) is 6.60. The van der Waals surface area contributed by atoms with Crippen molar-refractivity contribution in [2.45, 2.75) is 38.8 Å². The fraction of sp³-hybridized carbons (Fsp3) is 0.536. The summed E-state index contributed by atoms with van der Waals surface area (Å²) in [5.41, 5.74) is 7.76. The van der Waals surface area contributed by atoms with Crippen molar-refractivity contribution in [3.05, 3.63) is 65.2 Å². The fourth-order valence-electron chi connectivity index (χ4n) is 5.26. The van der Waals surface area contributed by atoms with Crippen molar-refractivity contribution >= 4 is 5.91 Å². The molecule has 6 nitrogen and oxygen atoms in total. The molecular weight excluding hydrogens is 462 g/mol. The minimum absolute atomic E-state index is 0.0142. The second-order valence-corrected chi connectivity index (χ2v) is 9.80. The molecule has 2 aromatic carbocycles. The third-order valence-electron chi connectivity index (χ3n) is 7.52.